The summed E-state index contributed by atoms with van der Waals surface area (Å²) in [6.07, 6.45) is 1.50. The summed E-state index contributed by atoms with van der Waals surface area (Å²) in [6.45, 7) is 3.77. The third kappa shape index (κ3) is 2.87. The van der Waals surface area contributed by atoms with E-state index in [0.29, 0.717) is 25.4 Å². The van der Waals surface area contributed by atoms with Crippen LogP contribution >= 0.6 is 0 Å². The second kappa shape index (κ2) is 6.14. The number of amides is 1. The second-order valence-electron chi connectivity index (χ2n) is 6.03. The molecule has 0 saturated carbocycles. The molecule has 4 rings (SSSR count). The lowest BCUT2D eigenvalue weighted by Crippen LogP contribution is -2.50. The van der Waals surface area contributed by atoms with Crippen LogP contribution in [0.25, 0.3) is 0 Å². The largest absolute Gasteiger partial charge is 0.373 e. The number of fused-ring (bicyclic) bond motifs is 1. The van der Waals surface area contributed by atoms with Gasteiger partial charge in [0.05, 0.1) is 18.8 Å². The van der Waals surface area contributed by atoms with Crippen LogP contribution < -0.4 is 0 Å². The van der Waals surface area contributed by atoms with Gasteiger partial charge >= 0.3 is 0 Å². The minimum Gasteiger partial charge on any atom is -0.373 e. The summed E-state index contributed by atoms with van der Waals surface area (Å²) in [7, 11) is 0. The molecule has 6 heteroatoms. The molecule has 1 aromatic heterocycles. The fourth-order valence-electron chi connectivity index (χ4n) is 3.42. The molecule has 0 bridgehead atoms. The maximum absolute atomic E-state index is 12.4. The van der Waals surface area contributed by atoms with E-state index in [4.69, 9.17) is 9.26 Å². The van der Waals surface area contributed by atoms with Gasteiger partial charge in [-0.2, -0.15) is 0 Å². The predicted octanol–water partition coefficient (Wildman–Crippen LogP) is 1.40. The molecule has 0 N–H and O–H groups in total. The number of carbonyl (C=O) groups is 1. The molecule has 120 valence electrons. The minimum absolute atomic E-state index is 0.0725. The van der Waals surface area contributed by atoms with Crippen molar-refractivity contribution in [2.24, 2.45) is 0 Å². The van der Waals surface area contributed by atoms with E-state index in [1.165, 1.54) is 11.8 Å². The summed E-state index contributed by atoms with van der Waals surface area (Å²) in [4.78, 5) is 16.7. The molecule has 23 heavy (non-hydrogen) atoms. The highest BCUT2D eigenvalue weighted by Crippen LogP contribution is 2.25. The number of nitrogens with zero attached hydrogens (tertiary/aromatic N) is 3. The number of benzene rings is 1. The Labute approximate surface area is 134 Å². The molecule has 2 atom stereocenters. The van der Waals surface area contributed by atoms with Gasteiger partial charge in [-0.1, -0.05) is 35.5 Å². The number of hydrogen-bond donors (Lipinski definition) is 0. The Hall–Kier alpha value is -2.18. The van der Waals surface area contributed by atoms with Crippen LogP contribution in [0.1, 0.15) is 16.1 Å². The third-order valence-corrected chi connectivity index (χ3v) is 4.59. The van der Waals surface area contributed by atoms with E-state index in [9.17, 15) is 4.79 Å². The Morgan fingerprint density at radius 2 is 2.09 bits per heavy atom. The van der Waals surface area contributed by atoms with Crippen molar-refractivity contribution in [3.63, 3.8) is 0 Å². The van der Waals surface area contributed by atoms with Crippen molar-refractivity contribution in [3.8, 4) is 0 Å². The number of morpholine rings is 1. The van der Waals surface area contributed by atoms with Gasteiger partial charge in [0.2, 0.25) is 0 Å². The van der Waals surface area contributed by atoms with Gasteiger partial charge in [-0.3, -0.25) is 9.69 Å². The van der Waals surface area contributed by atoms with Crippen LogP contribution in [0, 0.1) is 0 Å². The highest BCUT2D eigenvalue weighted by molar-refractivity contribution is 5.92. The maximum atomic E-state index is 12.4. The van der Waals surface area contributed by atoms with Gasteiger partial charge in [-0.05, 0) is 5.56 Å². The van der Waals surface area contributed by atoms with Crippen molar-refractivity contribution in [3.05, 3.63) is 53.9 Å². The van der Waals surface area contributed by atoms with Crippen LogP contribution in [0.4, 0.5) is 0 Å². The Balaban J connectivity index is 1.47. The van der Waals surface area contributed by atoms with Gasteiger partial charge in [0.15, 0.2) is 5.69 Å². The molecule has 2 aliphatic rings. The van der Waals surface area contributed by atoms with E-state index in [-0.39, 0.29) is 18.1 Å². The van der Waals surface area contributed by atoms with Crippen LogP contribution in [-0.2, 0) is 11.3 Å². The first kappa shape index (κ1) is 14.4. The highest BCUT2D eigenvalue weighted by Gasteiger charge is 2.42. The number of ether oxygens (including phenoxy) is 1. The molecule has 0 radical (unpaired) electrons. The van der Waals surface area contributed by atoms with Gasteiger partial charge in [0.25, 0.3) is 5.91 Å². The van der Waals surface area contributed by atoms with Gasteiger partial charge < -0.3 is 14.2 Å². The highest BCUT2D eigenvalue weighted by atomic mass is 16.5. The Morgan fingerprint density at radius 1 is 1.22 bits per heavy atom. The normalized spacial score (nSPS) is 24.6. The topological polar surface area (TPSA) is 58.8 Å². The summed E-state index contributed by atoms with van der Waals surface area (Å²) in [5.74, 6) is -0.0867. The lowest BCUT2D eigenvalue weighted by atomic mass is 10.1. The molecule has 2 fully saturated rings. The predicted molar refractivity (Wildman–Crippen MR) is 82.8 cm³/mol. The third-order valence-electron chi connectivity index (χ3n) is 4.59. The fourth-order valence-corrected chi connectivity index (χ4v) is 3.42. The van der Waals surface area contributed by atoms with E-state index < -0.39 is 0 Å². The minimum atomic E-state index is -0.0867. The first-order valence-electron chi connectivity index (χ1n) is 7.90. The summed E-state index contributed by atoms with van der Waals surface area (Å²) >= 11 is 0. The fraction of sp³-hybridized carbons (Fsp3) is 0.412. The maximum Gasteiger partial charge on any atom is 0.276 e. The van der Waals surface area contributed by atoms with Crippen LogP contribution in [0.2, 0.25) is 0 Å². The lowest BCUT2D eigenvalue weighted by Gasteiger charge is -2.36. The number of carbonyl (C=O) groups excluding carboxylic acids is 1. The van der Waals surface area contributed by atoms with Gasteiger partial charge in [-0.15, -0.1) is 0 Å². The molecular formula is C17H19N3O3. The summed E-state index contributed by atoms with van der Waals surface area (Å²) in [6, 6.07) is 12.3. The molecule has 0 spiro atoms. The van der Waals surface area contributed by atoms with Crippen LogP contribution in [0.3, 0.4) is 0 Å². The van der Waals surface area contributed by atoms with E-state index in [1.54, 1.807) is 6.07 Å². The van der Waals surface area contributed by atoms with Crippen molar-refractivity contribution >= 4 is 5.91 Å². The van der Waals surface area contributed by atoms with Gasteiger partial charge in [0, 0.05) is 32.2 Å². The SMILES string of the molecule is O=C(c1ccon1)N1C[C@@H]2OCCN(Cc3ccccc3)[C@H]2C1. The molecule has 6 nitrogen and oxygen atoms in total. The molecule has 2 saturated heterocycles. The first-order chi connectivity index (χ1) is 11.3. The molecule has 3 heterocycles. The van der Waals surface area contributed by atoms with Crippen LogP contribution in [0.5, 0.6) is 0 Å². The number of likely N-dealkylation sites (tertiary alicyclic amines) is 1. The van der Waals surface area contributed by atoms with Crippen molar-refractivity contribution in [2.75, 3.05) is 26.2 Å². The summed E-state index contributed by atoms with van der Waals surface area (Å²) < 4.78 is 10.7. The van der Waals surface area contributed by atoms with E-state index >= 15 is 0 Å². The molecule has 2 aromatic rings. The Morgan fingerprint density at radius 3 is 2.87 bits per heavy atom. The molecular weight excluding hydrogens is 294 g/mol. The van der Waals surface area contributed by atoms with Crippen molar-refractivity contribution in [1.82, 2.24) is 15.0 Å². The van der Waals surface area contributed by atoms with Crippen LogP contribution in [0.15, 0.2) is 47.2 Å². The summed E-state index contributed by atoms with van der Waals surface area (Å²) in [5, 5.41) is 3.74. The van der Waals surface area contributed by atoms with Crippen LogP contribution in [-0.4, -0.2) is 59.3 Å². The van der Waals surface area contributed by atoms with Crippen molar-refractivity contribution < 1.29 is 14.1 Å². The smallest absolute Gasteiger partial charge is 0.276 e. The van der Waals surface area contributed by atoms with Crippen molar-refractivity contribution in [2.45, 2.75) is 18.7 Å². The number of hydrogen-bond acceptors (Lipinski definition) is 5. The van der Waals surface area contributed by atoms with Gasteiger partial charge in [-0.25, -0.2) is 0 Å². The number of aromatic nitrogens is 1. The van der Waals surface area contributed by atoms with E-state index in [0.717, 1.165) is 13.1 Å². The zero-order chi connectivity index (χ0) is 15.6. The van der Waals surface area contributed by atoms with E-state index in [1.807, 2.05) is 11.0 Å². The molecule has 0 aliphatic carbocycles. The molecule has 1 aromatic carbocycles. The summed E-state index contributed by atoms with van der Waals surface area (Å²) in [5.41, 5.74) is 1.65. The lowest BCUT2D eigenvalue weighted by molar-refractivity contribution is -0.0503. The van der Waals surface area contributed by atoms with Crippen molar-refractivity contribution in [1.29, 1.82) is 0 Å². The molecule has 2 aliphatic heterocycles. The second-order valence-corrected chi connectivity index (χ2v) is 6.03. The zero-order valence-corrected chi connectivity index (χ0v) is 12.8. The average Bonchev–Trinajstić information content (AvgIpc) is 3.25. The Bertz CT molecular complexity index is 659. The average molecular weight is 313 g/mol. The zero-order valence-electron chi connectivity index (χ0n) is 12.8. The number of rotatable bonds is 3. The quantitative estimate of drug-likeness (QED) is 0.857. The van der Waals surface area contributed by atoms with Gasteiger partial charge in [0.1, 0.15) is 6.26 Å². The first-order valence-corrected chi connectivity index (χ1v) is 7.90. The monoisotopic (exact) mass is 313 g/mol. The standard InChI is InChI=1S/C17H19N3O3/c21-17(14-6-8-23-18-14)20-11-15-16(12-20)22-9-7-19(15)10-13-4-2-1-3-5-13/h1-6,8,15-16H,7,9-12H2/t15-,16-/m0/s1. The Kier molecular flexibility index (Phi) is 3.85. The molecule has 1 amide bonds. The molecule has 0 unspecified atom stereocenters. The van der Waals surface area contributed by atoms with E-state index in [2.05, 4.69) is 34.3 Å².